The number of nitrogens with zero attached hydrogens (tertiary/aromatic N) is 1. The molecule has 4 heteroatoms. The second-order valence-electron chi connectivity index (χ2n) is 5.79. The summed E-state index contributed by atoms with van der Waals surface area (Å²) in [5.41, 5.74) is 4.44. The van der Waals surface area contributed by atoms with Crippen LogP contribution in [0.3, 0.4) is 0 Å². The Hall–Kier alpha value is -2.77. The predicted molar refractivity (Wildman–Crippen MR) is 104 cm³/mol. The third-order valence-electron chi connectivity index (χ3n) is 4.11. The van der Waals surface area contributed by atoms with Gasteiger partial charge in [-0.1, -0.05) is 24.0 Å². The first kappa shape index (κ1) is 17.1. The molecule has 0 saturated heterocycles. The maximum absolute atomic E-state index is 12.6. The van der Waals surface area contributed by atoms with Gasteiger partial charge in [-0.2, -0.15) is 0 Å². The van der Waals surface area contributed by atoms with E-state index in [0.29, 0.717) is 0 Å². The molecule has 0 atom stereocenters. The molecule has 126 valence electrons. The van der Waals surface area contributed by atoms with Crippen LogP contribution in [0.25, 0.3) is 0 Å². The molecular formula is C21H20N2OS. The average Bonchev–Trinajstić information content (AvgIpc) is 3.21. The summed E-state index contributed by atoms with van der Waals surface area (Å²) < 4.78 is 2.14. The van der Waals surface area contributed by atoms with Crippen LogP contribution < -0.4 is 5.32 Å². The molecule has 0 bridgehead atoms. The van der Waals surface area contributed by atoms with Crippen molar-refractivity contribution < 1.29 is 4.79 Å². The van der Waals surface area contributed by atoms with Gasteiger partial charge >= 0.3 is 0 Å². The lowest BCUT2D eigenvalue weighted by Crippen LogP contribution is -2.13. The minimum atomic E-state index is -0.0869. The molecule has 0 aliphatic rings. The highest BCUT2D eigenvalue weighted by atomic mass is 32.1. The van der Waals surface area contributed by atoms with E-state index in [9.17, 15) is 4.79 Å². The van der Waals surface area contributed by atoms with Crippen molar-refractivity contribution in [3.63, 3.8) is 0 Å². The van der Waals surface area contributed by atoms with Crippen molar-refractivity contribution in [1.29, 1.82) is 0 Å². The van der Waals surface area contributed by atoms with Crippen LogP contribution in [0.4, 0.5) is 5.69 Å². The molecule has 2 heterocycles. The van der Waals surface area contributed by atoms with Gasteiger partial charge in [0.15, 0.2) is 0 Å². The highest BCUT2D eigenvalue weighted by Crippen LogP contribution is 2.18. The third kappa shape index (κ3) is 3.84. The van der Waals surface area contributed by atoms with E-state index in [-0.39, 0.29) is 5.91 Å². The zero-order valence-corrected chi connectivity index (χ0v) is 15.4. The van der Waals surface area contributed by atoms with Crippen molar-refractivity contribution >= 4 is 22.9 Å². The number of rotatable bonds is 3. The van der Waals surface area contributed by atoms with Gasteiger partial charge in [-0.25, -0.2) is 0 Å². The average molecular weight is 348 g/mol. The van der Waals surface area contributed by atoms with Crippen molar-refractivity contribution in [3.05, 3.63) is 75.2 Å². The molecule has 0 saturated carbocycles. The Balaban J connectivity index is 1.79. The summed E-state index contributed by atoms with van der Waals surface area (Å²) >= 11 is 1.62. The molecule has 0 radical (unpaired) electrons. The Labute approximate surface area is 152 Å². The Morgan fingerprint density at radius 2 is 2.00 bits per heavy atom. The van der Waals surface area contributed by atoms with Crippen molar-refractivity contribution in [2.45, 2.75) is 27.3 Å². The molecule has 0 aliphatic heterocycles. The number of hydrogen-bond acceptors (Lipinski definition) is 2. The van der Waals surface area contributed by atoms with Crippen LogP contribution in [0.2, 0.25) is 0 Å². The van der Waals surface area contributed by atoms with E-state index < -0.39 is 0 Å². The number of hydrogen-bond donors (Lipinski definition) is 1. The maximum Gasteiger partial charge on any atom is 0.257 e. The Morgan fingerprint density at radius 3 is 2.68 bits per heavy atom. The van der Waals surface area contributed by atoms with Gasteiger partial charge in [-0.05, 0) is 56.5 Å². The molecule has 0 unspecified atom stereocenters. The van der Waals surface area contributed by atoms with E-state index in [1.165, 1.54) is 0 Å². The summed E-state index contributed by atoms with van der Waals surface area (Å²) in [7, 11) is 0. The van der Waals surface area contributed by atoms with Gasteiger partial charge in [0.2, 0.25) is 0 Å². The van der Waals surface area contributed by atoms with Gasteiger partial charge < -0.3 is 9.88 Å². The van der Waals surface area contributed by atoms with Crippen LogP contribution in [-0.4, -0.2) is 10.5 Å². The largest absolute Gasteiger partial charge is 0.349 e. The maximum atomic E-state index is 12.6. The van der Waals surface area contributed by atoms with Crippen molar-refractivity contribution in [2.24, 2.45) is 0 Å². The van der Waals surface area contributed by atoms with E-state index >= 15 is 0 Å². The van der Waals surface area contributed by atoms with Crippen LogP contribution in [0.1, 0.15) is 39.1 Å². The zero-order chi connectivity index (χ0) is 17.8. The van der Waals surface area contributed by atoms with Gasteiger partial charge in [0.1, 0.15) is 0 Å². The molecule has 2 aromatic heterocycles. The highest BCUT2D eigenvalue weighted by Gasteiger charge is 2.15. The van der Waals surface area contributed by atoms with Gasteiger partial charge in [-0.3, -0.25) is 4.79 Å². The minimum absolute atomic E-state index is 0.0869. The summed E-state index contributed by atoms with van der Waals surface area (Å²) in [6, 6.07) is 13.5. The smallest absolute Gasteiger partial charge is 0.257 e. The number of aromatic nitrogens is 1. The first-order chi connectivity index (χ1) is 12.1. The van der Waals surface area contributed by atoms with Crippen molar-refractivity contribution in [3.8, 4) is 11.8 Å². The summed E-state index contributed by atoms with van der Waals surface area (Å²) in [6.45, 7) is 6.94. The normalized spacial score (nSPS) is 10.2. The van der Waals surface area contributed by atoms with E-state index in [4.69, 9.17) is 0 Å². The number of carbonyl (C=O) groups is 1. The number of aryl methyl sites for hydroxylation is 1. The highest BCUT2D eigenvalue weighted by molar-refractivity contribution is 7.10. The Kier molecular flexibility index (Phi) is 5.06. The topological polar surface area (TPSA) is 34.0 Å². The summed E-state index contributed by atoms with van der Waals surface area (Å²) in [4.78, 5) is 13.6. The molecule has 0 spiro atoms. The summed E-state index contributed by atoms with van der Waals surface area (Å²) in [6.07, 6.45) is 0. The zero-order valence-electron chi connectivity index (χ0n) is 14.6. The minimum Gasteiger partial charge on any atom is -0.349 e. The number of anilines is 1. The molecule has 1 amide bonds. The molecule has 3 nitrogen and oxygen atoms in total. The van der Waals surface area contributed by atoms with Crippen molar-refractivity contribution in [2.75, 3.05) is 5.32 Å². The van der Waals surface area contributed by atoms with Crippen LogP contribution in [0.15, 0.2) is 47.8 Å². The van der Waals surface area contributed by atoms with Gasteiger partial charge in [0, 0.05) is 29.2 Å². The van der Waals surface area contributed by atoms with E-state index in [1.54, 1.807) is 11.3 Å². The van der Waals surface area contributed by atoms with Crippen LogP contribution in [0, 0.1) is 25.7 Å². The molecule has 1 aromatic carbocycles. The fourth-order valence-electron chi connectivity index (χ4n) is 2.87. The lowest BCUT2D eigenvalue weighted by atomic mass is 10.2. The first-order valence-electron chi connectivity index (χ1n) is 8.22. The second kappa shape index (κ2) is 7.42. The van der Waals surface area contributed by atoms with Crippen LogP contribution in [0.5, 0.6) is 0 Å². The first-order valence-corrected chi connectivity index (χ1v) is 9.10. The molecule has 0 fully saturated rings. The van der Waals surface area contributed by atoms with E-state index in [0.717, 1.165) is 39.6 Å². The number of carbonyl (C=O) groups excluding carboxylic acids is 1. The monoisotopic (exact) mass is 348 g/mol. The van der Waals surface area contributed by atoms with Gasteiger partial charge in [-0.15, -0.1) is 11.3 Å². The quantitative estimate of drug-likeness (QED) is 0.675. The summed E-state index contributed by atoms with van der Waals surface area (Å²) in [5.74, 6) is 6.19. The number of nitrogens with one attached hydrogen (secondary N) is 1. The fourth-order valence-corrected chi connectivity index (χ4v) is 3.45. The number of amides is 1. The Bertz CT molecular complexity index is 956. The molecule has 3 aromatic rings. The molecule has 0 aliphatic carbocycles. The third-order valence-corrected chi connectivity index (χ3v) is 4.89. The SMILES string of the molecule is CCn1c(C)cc(C(=O)Nc2cccc(C#Cc3cccs3)c2)c1C. The number of thiophene rings is 1. The summed E-state index contributed by atoms with van der Waals surface area (Å²) in [5, 5.41) is 4.99. The second-order valence-corrected chi connectivity index (χ2v) is 6.74. The molecule has 25 heavy (non-hydrogen) atoms. The lowest BCUT2D eigenvalue weighted by molar-refractivity contribution is 0.102. The van der Waals surface area contributed by atoms with E-state index in [1.807, 2.05) is 61.7 Å². The standard InChI is InChI=1S/C21H20N2OS/c1-4-23-15(2)13-20(16(23)3)21(24)22-18-8-5-7-17(14-18)10-11-19-9-6-12-25-19/h5-9,12-14H,4H2,1-3H3,(H,22,24). The predicted octanol–water partition coefficient (Wildman–Crippen LogP) is 4.84. The Morgan fingerprint density at radius 1 is 1.16 bits per heavy atom. The van der Waals surface area contributed by atoms with Crippen molar-refractivity contribution in [1.82, 2.24) is 4.57 Å². The van der Waals surface area contributed by atoms with Gasteiger partial charge in [0.05, 0.1) is 10.4 Å². The molecule has 3 rings (SSSR count). The fraction of sp³-hybridized carbons (Fsp3) is 0.190. The van der Waals surface area contributed by atoms with E-state index in [2.05, 4.69) is 28.6 Å². The molecule has 1 N–H and O–H groups in total. The lowest BCUT2D eigenvalue weighted by Gasteiger charge is -2.07. The molecular weight excluding hydrogens is 328 g/mol. The van der Waals surface area contributed by atoms with Crippen LogP contribution >= 0.6 is 11.3 Å². The van der Waals surface area contributed by atoms with Crippen LogP contribution in [-0.2, 0) is 6.54 Å². The van der Waals surface area contributed by atoms with Gasteiger partial charge in [0.25, 0.3) is 5.91 Å². The number of benzene rings is 1.